The van der Waals surface area contributed by atoms with Crippen LogP contribution in [0.15, 0.2) is 30.3 Å². The Bertz CT molecular complexity index is 794. The SMILES string of the molecule is CCC1(C)CC2(OC3C4CCCCC4C3O2)C(C)C(C)(CC)N1OC(C)c1ccccc1. The van der Waals surface area contributed by atoms with E-state index < -0.39 is 5.79 Å². The highest BCUT2D eigenvalue weighted by molar-refractivity contribution is 5.18. The van der Waals surface area contributed by atoms with Crippen LogP contribution >= 0.6 is 0 Å². The summed E-state index contributed by atoms with van der Waals surface area (Å²) in [6.45, 7) is 13.8. The van der Waals surface area contributed by atoms with Gasteiger partial charge in [-0.3, -0.25) is 4.84 Å². The molecule has 5 rings (SSSR count). The molecule has 2 aliphatic heterocycles. The molecule has 178 valence electrons. The van der Waals surface area contributed by atoms with Crippen LogP contribution in [0.3, 0.4) is 0 Å². The molecular weight excluding hydrogens is 398 g/mol. The molecule has 0 radical (unpaired) electrons. The molecular formula is C28H43NO3. The van der Waals surface area contributed by atoms with E-state index in [-0.39, 0.29) is 23.1 Å². The first-order valence-corrected chi connectivity index (χ1v) is 13.2. The zero-order valence-corrected chi connectivity index (χ0v) is 21.0. The van der Waals surface area contributed by atoms with Gasteiger partial charge in [0.2, 0.25) is 0 Å². The van der Waals surface area contributed by atoms with Crippen molar-refractivity contribution in [1.29, 1.82) is 0 Å². The zero-order valence-electron chi connectivity index (χ0n) is 21.0. The first-order valence-electron chi connectivity index (χ1n) is 13.2. The largest absolute Gasteiger partial charge is 0.343 e. The summed E-state index contributed by atoms with van der Waals surface area (Å²) in [4.78, 5) is 6.85. The second kappa shape index (κ2) is 8.08. The second-order valence-corrected chi connectivity index (χ2v) is 11.5. The van der Waals surface area contributed by atoms with Gasteiger partial charge in [-0.2, -0.15) is 5.06 Å². The Morgan fingerprint density at radius 1 is 1.00 bits per heavy atom. The number of nitrogens with zero attached hydrogens (tertiary/aromatic N) is 1. The summed E-state index contributed by atoms with van der Waals surface area (Å²) in [6.07, 6.45) is 8.80. The molecule has 32 heavy (non-hydrogen) atoms. The Kier molecular flexibility index (Phi) is 5.76. The number of piperidine rings is 1. The van der Waals surface area contributed by atoms with Gasteiger partial charge < -0.3 is 9.47 Å². The summed E-state index contributed by atoms with van der Waals surface area (Å²) < 4.78 is 14.0. The molecule has 4 heteroatoms. The van der Waals surface area contributed by atoms with Crippen LogP contribution in [0.2, 0.25) is 0 Å². The van der Waals surface area contributed by atoms with Crippen molar-refractivity contribution in [2.24, 2.45) is 17.8 Å². The molecule has 4 fully saturated rings. The average molecular weight is 442 g/mol. The fourth-order valence-corrected chi connectivity index (χ4v) is 7.36. The van der Waals surface area contributed by atoms with Gasteiger partial charge in [0.15, 0.2) is 5.79 Å². The van der Waals surface area contributed by atoms with Crippen molar-refractivity contribution in [3.63, 3.8) is 0 Å². The number of benzene rings is 1. The van der Waals surface area contributed by atoms with Crippen molar-refractivity contribution >= 4 is 0 Å². The van der Waals surface area contributed by atoms with Gasteiger partial charge in [0, 0.05) is 17.9 Å². The third-order valence-electron chi connectivity index (χ3n) is 9.90. The van der Waals surface area contributed by atoms with Crippen molar-refractivity contribution in [3.05, 3.63) is 35.9 Å². The molecule has 0 aromatic heterocycles. The van der Waals surface area contributed by atoms with Crippen LogP contribution in [-0.4, -0.2) is 34.1 Å². The van der Waals surface area contributed by atoms with Crippen LogP contribution in [0, 0.1) is 17.8 Å². The standard InChI is InChI=1S/C28H43NO3/c1-7-26(5)18-28(30-24-22-16-12-13-17-23(22)25(24)31-28)20(4)27(6,8-2)29(26)32-19(3)21-14-10-9-11-15-21/h9-11,14-15,19-20,22-25H,7-8,12-13,16-18H2,1-6H3. The summed E-state index contributed by atoms with van der Waals surface area (Å²) in [6, 6.07) is 10.6. The van der Waals surface area contributed by atoms with E-state index in [1.54, 1.807) is 0 Å². The van der Waals surface area contributed by atoms with Crippen LogP contribution in [0.1, 0.15) is 98.2 Å². The van der Waals surface area contributed by atoms with Crippen LogP contribution < -0.4 is 0 Å². The topological polar surface area (TPSA) is 30.9 Å². The lowest BCUT2D eigenvalue weighted by Crippen LogP contribution is -2.71. The summed E-state index contributed by atoms with van der Waals surface area (Å²) >= 11 is 0. The fraction of sp³-hybridized carbons (Fsp3) is 0.786. The lowest BCUT2D eigenvalue weighted by atomic mass is 9.61. The number of hydrogen-bond donors (Lipinski definition) is 0. The molecule has 0 N–H and O–H groups in total. The first-order chi connectivity index (χ1) is 15.3. The molecule has 8 unspecified atom stereocenters. The summed E-state index contributed by atoms with van der Waals surface area (Å²) in [5.41, 5.74) is 0.879. The van der Waals surface area contributed by atoms with E-state index in [9.17, 15) is 0 Å². The van der Waals surface area contributed by atoms with E-state index in [0.717, 1.165) is 19.3 Å². The molecule has 2 heterocycles. The Labute approximate surface area is 194 Å². The smallest absolute Gasteiger partial charge is 0.175 e. The molecule has 2 aliphatic carbocycles. The van der Waals surface area contributed by atoms with Crippen molar-refractivity contribution in [3.8, 4) is 0 Å². The second-order valence-electron chi connectivity index (χ2n) is 11.5. The van der Waals surface area contributed by atoms with Gasteiger partial charge in [-0.05, 0) is 63.9 Å². The van der Waals surface area contributed by atoms with Crippen molar-refractivity contribution in [1.82, 2.24) is 5.06 Å². The number of ether oxygens (including phenoxy) is 2. The van der Waals surface area contributed by atoms with Gasteiger partial charge in [0.1, 0.15) is 6.10 Å². The van der Waals surface area contributed by atoms with E-state index >= 15 is 0 Å². The van der Waals surface area contributed by atoms with E-state index in [0.29, 0.717) is 24.0 Å². The molecule has 2 saturated carbocycles. The number of hydrogen-bond acceptors (Lipinski definition) is 4. The van der Waals surface area contributed by atoms with Crippen molar-refractivity contribution in [2.45, 2.75) is 122 Å². The molecule has 8 atom stereocenters. The molecule has 0 bridgehead atoms. The molecule has 4 aliphatic rings. The summed E-state index contributed by atoms with van der Waals surface area (Å²) in [5.74, 6) is 1.15. The maximum Gasteiger partial charge on any atom is 0.175 e. The Morgan fingerprint density at radius 2 is 1.59 bits per heavy atom. The van der Waals surface area contributed by atoms with Crippen LogP contribution in [-0.2, 0) is 14.3 Å². The van der Waals surface area contributed by atoms with E-state index in [4.69, 9.17) is 14.3 Å². The van der Waals surface area contributed by atoms with Gasteiger partial charge in [-0.25, -0.2) is 0 Å². The molecule has 1 spiro atoms. The average Bonchev–Trinajstić information content (AvgIpc) is 3.15. The van der Waals surface area contributed by atoms with Crippen molar-refractivity contribution < 1.29 is 14.3 Å². The molecule has 1 aromatic rings. The van der Waals surface area contributed by atoms with E-state index in [1.807, 2.05) is 0 Å². The normalized spacial score (nSPS) is 47.0. The Morgan fingerprint density at radius 3 is 2.12 bits per heavy atom. The zero-order chi connectivity index (χ0) is 22.7. The quantitative estimate of drug-likeness (QED) is 0.511. The van der Waals surface area contributed by atoms with Crippen molar-refractivity contribution in [2.75, 3.05) is 0 Å². The highest BCUT2D eigenvalue weighted by atomic mass is 16.8. The molecule has 1 aromatic carbocycles. The maximum absolute atomic E-state index is 7.00. The Hall–Kier alpha value is -0.940. The first kappa shape index (κ1) is 22.8. The van der Waals surface area contributed by atoms with Crippen LogP contribution in [0.4, 0.5) is 0 Å². The highest BCUT2D eigenvalue weighted by Crippen LogP contribution is 2.62. The molecule has 2 saturated heterocycles. The lowest BCUT2D eigenvalue weighted by molar-refractivity contribution is -0.380. The third kappa shape index (κ3) is 3.24. The van der Waals surface area contributed by atoms with Gasteiger partial charge in [0.05, 0.1) is 17.7 Å². The monoisotopic (exact) mass is 441 g/mol. The summed E-state index contributed by atoms with van der Waals surface area (Å²) in [5, 5.41) is 2.35. The minimum atomic E-state index is -0.502. The third-order valence-corrected chi connectivity index (χ3v) is 9.90. The van der Waals surface area contributed by atoms with Gasteiger partial charge in [0.25, 0.3) is 0 Å². The Balaban J connectivity index is 1.45. The minimum Gasteiger partial charge on any atom is -0.343 e. The predicted molar refractivity (Wildman–Crippen MR) is 127 cm³/mol. The molecule has 4 nitrogen and oxygen atoms in total. The van der Waals surface area contributed by atoms with Crippen LogP contribution in [0.25, 0.3) is 0 Å². The number of hydroxylamine groups is 2. The molecule has 0 amide bonds. The summed E-state index contributed by atoms with van der Waals surface area (Å²) in [7, 11) is 0. The van der Waals surface area contributed by atoms with E-state index in [1.165, 1.54) is 31.2 Å². The van der Waals surface area contributed by atoms with Gasteiger partial charge in [-0.1, -0.05) is 63.9 Å². The predicted octanol–water partition coefficient (Wildman–Crippen LogP) is 6.66. The fourth-order valence-electron chi connectivity index (χ4n) is 7.36. The van der Waals surface area contributed by atoms with E-state index in [2.05, 4.69) is 76.9 Å². The highest BCUT2D eigenvalue weighted by Gasteiger charge is 2.70. The number of fused-ring (bicyclic) bond motifs is 4. The number of rotatable bonds is 5. The minimum absolute atomic E-state index is 0.00124. The maximum atomic E-state index is 7.00. The van der Waals surface area contributed by atoms with Gasteiger partial charge in [-0.15, -0.1) is 0 Å². The van der Waals surface area contributed by atoms with Crippen LogP contribution in [0.5, 0.6) is 0 Å². The van der Waals surface area contributed by atoms with Gasteiger partial charge >= 0.3 is 0 Å². The lowest BCUT2D eigenvalue weighted by Gasteiger charge is -2.62.